The van der Waals surface area contributed by atoms with E-state index < -0.39 is 0 Å². The third kappa shape index (κ3) is 5.82. The van der Waals surface area contributed by atoms with Gasteiger partial charge < -0.3 is 4.74 Å². The normalized spacial score (nSPS) is 8.90. The van der Waals surface area contributed by atoms with E-state index in [9.17, 15) is 4.79 Å². The van der Waals surface area contributed by atoms with Crippen LogP contribution in [0.4, 0.5) is 0 Å². The molecule has 0 rings (SSSR count). The van der Waals surface area contributed by atoms with Crippen molar-refractivity contribution in [3.63, 3.8) is 0 Å². The van der Waals surface area contributed by atoms with Crippen molar-refractivity contribution in [2.24, 2.45) is 0 Å². The van der Waals surface area contributed by atoms with E-state index in [1.807, 2.05) is 0 Å². The first-order valence-corrected chi connectivity index (χ1v) is 4.26. The van der Waals surface area contributed by atoms with Gasteiger partial charge >= 0.3 is 5.97 Å². The summed E-state index contributed by atoms with van der Waals surface area (Å²) < 4.78 is 4.76. The minimum Gasteiger partial charge on any atom is -0.465 e. The molecule has 0 bridgehead atoms. The predicted octanol–water partition coefficient (Wildman–Crippen LogP) is 1.89. The van der Waals surface area contributed by atoms with Crippen molar-refractivity contribution < 1.29 is 9.53 Å². The Balaban J connectivity index is 3.16. The predicted molar refractivity (Wildman–Crippen MR) is 44.2 cm³/mol. The Bertz CT molecular complexity index is 112. The molecule has 0 heterocycles. The molecule has 0 aromatic heterocycles. The zero-order valence-electron chi connectivity index (χ0n) is 5.81. The highest BCUT2D eigenvalue weighted by atomic mass is 79.9. The number of ether oxygens (including phenoxy) is 1. The molecule has 0 radical (unpaired) electrons. The molecular formula is C7H11BrO2. The van der Waals surface area contributed by atoms with Crippen molar-refractivity contribution >= 4 is 21.9 Å². The van der Waals surface area contributed by atoms with Crippen LogP contribution in [0.2, 0.25) is 0 Å². The zero-order chi connectivity index (χ0) is 7.82. The number of carbonyl (C=O) groups is 1. The maximum absolute atomic E-state index is 10.7. The van der Waals surface area contributed by atoms with Crippen LogP contribution in [0.15, 0.2) is 12.7 Å². The van der Waals surface area contributed by atoms with Crippen molar-refractivity contribution in [2.75, 3.05) is 11.9 Å². The monoisotopic (exact) mass is 206 g/mol. The minimum atomic E-state index is -0.153. The Morgan fingerprint density at radius 2 is 2.40 bits per heavy atom. The molecule has 3 heteroatoms. The van der Waals surface area contributed by atoms with Gasteiger partial charge in [-0.25, -0.2) is 0 Å². The summed E-state index contributed by atoms with van der Waals surface area (Å²) in [5.41, 5.74) is 0. The van der Waals surface area contributed by atoms with Crippen LogP contribution in [0.3, 0.4) is 0 Å². The van der Waals surface area contributed by atoms with E-state index in [0.717, 1.165) is 0 Å². The number of carbonyl (C=O) groups excluding carboxylic acids is 1. The third-order valence-electron chi connectivity index (χ3n) is 0.893. The highest BCUT2D eigenvalue weighted by Crippen LogP contribution is 1.93. The number of hydrogen-bond acceptors (Lipinski definition) is 2. The lowest BCUT2D eigenvalue weighted by atomic mass is 10.3. The van der Waals surface area contributed by atoms with E-state index >= 15 is 0 Å². The van der Waals surface area contributed by atoms with Crippen LogP contribution in [0.25, 0.3) is 0 Å². The van der Waals surface area contributed by atoms with Crippen LogP contribution < -0.4 is 0 Å². The standard InChI is InChI=1S/C7H11BrO2/c1-2-3-4-7(9)10-6-5-8/h2H,1,3-6H2. The molecule has 0 unspecified atom stereocenters. The van der Waals surface area contributed by atoms with E-state index in [2.05, 4.69) is 22.5 Å². The Morgan fingerprint density at radius 1 is 1.70 bits per heavy atom. The molecule has 0 saturated heterocycles. The number of allylic oxidation sites excluding steroid dienone is 1. The van der Waals surface area contributed by atoms with Crippen LogP contribution >= 0.6 is 15.9 Å². The minimum absolute atomic E-state index is 0.153. The van der Waals surface area contributed by atoms with Crippen LogP contribution in [0, 0.1) is 0 Å². The fraction of sp³-hybridized carbons (Fsp3) is 0.571. The zero-order valence-corrected chi connectivity index (χ0v) is 7.39. The van der Waals surface area contributed by atoms with Gasteiger partial charge in [-0.05, 0) is 6.42 Å². The van der Waals surface area contributed by atoms with Gasteiger partial charge in [0.1, 0.15) is 6.61 Å². The summed E-state index contributed by atoms with van der Waals surface area (Å²) >= 11 is 3.15. The molecule has 0 amide bonds. The summed E-state index contributed by atoms with van der Waals surface area (Å²) in [6, 6.07) is 0. The average Bonchev–Trinajstić information content (AvgIpc) is 1.97. The van der Waals surface area contributed by atoms with E-state index in [4.69, 9.17) is 4.74 Å². The van der Waals surface area contributed by atoms with Gasteiger partial charge in [0, 0.05) is 11.8 Å². The Morgan fingerprint density at radius 3 is 2.90 bits per heavy atom. The van der Waals surface area contributed by atoms with E-state index in [-0.39, 0.29) is 5.97 Å². The highest BCUT2D eigenvalue weighted by molar-refractivity contribution is 9.09. The first-order valence-electron chi connectivity index (χ1n) is 3.13. The molecular weight excluding hydrogens is 196 g/mol. The number of rotatable bonds is 5. The molecule has 0 saturated carbocycles. The first kappa shape index (κ1) is 9.69. The van der Waals surface area contributed by atoms with Crippen LogP contribution in [-0.4, -0.2) is 17.9 Å². The number of alkyl halides is 1. The van der Waals surface area contributed by atoms with Gasteiger partial charge in [0.05, 0.1) is 0 Å². The van der Waals surface area contributed by atoms with Crippen molar-refractivity contribution in [1.82, 2.24) is 0 Å². The summed E-state index contributed by atoms with van der Waals surface area (Å²) in [6.07, 6.45) is 2.84. The van der Waals surface area contributed by atoms with E-state index in [0.29, 0.717) is 24.8 Å². The second-order valence-electron chi connectivity index (χ2n) is 1.74. The number of halogens is 1. The van der Waals surface area contributed by atoms with Gasteiger partial charge in [0.25, 0.3) is 0 Å². The molecule has 0 aliphatic rings. The molecule has 0 N–H and O–H groups in total. The molecule has 0 aliphatic carbocycles. The second-order valence-corrected chi connectivity index (χ2v) is 2.53. The van der Waals surface area contributed by atoms with Gasteiger partial charge in [-0.15, -0.1) is 6.58 Å². The lowest BCUT2D eigenvalue weighted by Crippen LogP contribution is -2.05. The fourth-order valence-corrected chi connectivity index (χ4v) is 0.606. The van der Waals surface area contributed by atoms with Crippen molar-refractivity contribution in [1.29, 1.82) is 0 Å². The largest absolute Gasteiger partial charge is 0.465 e. The summed E-state index contributed by atoms with van der Waals surface area (Å²) in [7, 11) is 0. The van der Waals surface area contributed by atoms with E-state index in [1.165, 1.54) is 0 Å². The highest BCUT2D eigenvalue weighted by Gasteiger charge is 1.98. The summed E-state index contributed by atoms with van der Waals surface area (Å²) in [5.74, 6) is -0.153. The van der Waals surface area contributed by atoms with Crippen molar-refractivity contribution in [2.45, 2.75) is 12.8 Å². The Hall–Kier alpha value is -0.310. The lowest BCUT2D eigenvalue weighted by Gasteiger charge is -1.98. The van der Waals surface area contributed by atoms with Crippen LogP contribution in [0.5, 0.6) is 0 Å². The average molecular weight is 207 g/mol. The topological polar surface area (TPSA) is 26.3 Å². The molecule has 0 fully saturated rings. The number of hydrogen-bond donors (Lipinski definition) is 0. The molecule has 0 aliphatic heterocycles. The molecule has 0 aromatic rings. The van der Waals surface area contributed by atoms with Crippen LogP contribution in [-0.2, 0) is 9.53 Å². The Labute approximate surface area is 69.4 Å². The second kappa shape index (κ2) is 6.81. The van der Waals surface area contributed by atoms with Crippen molar-refractivity contribution in [3.05, 3.63) is 12.7 Å². The maximum Gasteiger partial charge on any atom is 0.306 e. The molecule has 10 heavy (non-hydrogen) atoms. The van der Waals surface area contributed by atoms with E-state index in [1.54, 1.807) is 6.08 Å². The molecule has 0 spiro atoms. The molecule has 0 aromatic carbocycles. The Kier molecular flexibility index (Phi) is 6.59. The van der Waals surface area contributed by atoms with Gasteiger partial charge in [0.2, 0.25) is 0 Å². The third-order valence-corrected chi connectivity index (χ3v) is 1.22. The SMILES string of the molecule is C=CCCC(=O)OCCBr. The lowest BCUT2D eigenvalue weighted by molar-refractivity contribution is -0.142. The van der Waals surface area contributed by atoms with Gasteiger partial charge in [-0.2, -0.15) is 0 Å². The molecule has 58 valence electrons. The van der Waals surface area contributed by atoms with Gasteiger partial charge in [-0.1, -0.05) is 22.0 Å². The van der Waals surface area contributed by atoms with Crippen LogP contribution in [0.1, 0.15) is 12.8 Å². The summed E-state index contributed by atoms with van der Waals surface area (Å²) in [5, 5.41) is 0.701. The van der Waals surface area contributed by atoms with Crippen molar-refractivity contribution in [3.8, 4) is 0 Å². The first-order chi connectivity index (χ1) is 4.81. The fourth-order valence-electron chi connectivity index (χ4n) is 0.444. The maximum atomic E-state index is 10.7. The van der Waals surface area contributed by atoms with Gasteiger partial charge in [0.15, 0.2) is 0 Å². The molecule has 2 nitrogen and oxygen atoms in total. The molecule has 0 atom stereocenters. The van der Waals surface area contributed by atoms with Gasteiger partial charge in [-0.3, -0.25) is 4.79 Å². The number of esters is 1. The summed E-state index contributed by atoms with van der Waals surface area (Å²) in [6.45, 7) is 3.95. The summed E-state index contributed by atoms with van der Waals surface area (Å²) in [4.78, 5) is 10.7. The smallest absolute Gasteiger partial charge is 0.306 e. The quantitative estimate of drug-likeness (QED) is 0.391.